The lowest BCUT2D eigenvalue weighted by molar-refractivity contribution is -0.120. The Hall–Kier alpha value is -0.270. The van der Waals surface area contributed by atoms with Crippen LogP contribution >= 0.6 is 34.9 Å². The van der Waals surface area contributed by atoms with Gasteiger partial charge in [0, 0.05) is 6.54 Å². The molecule has 1 aromatic rings. The zero-order chi connectivity index (χ0) is 12.7. The zero-order valence-corrected chi connectivity index (χ0v) is 12.7. The average molecular weight is 291 g/mol. The Morgan fingerprint density at radius 1 is 1.41 bits per heavy atom. The Morgan fingerprint density at radius 2 is 2.12 bits per heavy atom. The van der Waals surface area contributed by atoms with E-state index in [0.717, 1.165) is 27.4 Å². The van der Waals surface area contributed by atoms with Crippen molar-refractivity contribution in [3.05, 3.63) is 0 Å². The largest absolute Gasteiger partial charge is 0.355 e. The summed E-state index contributed by atoms with van der Waals surface area (Å²) in [6.07, 6.45) is 0.958. The van der Waals surface area contributed by atoms with Crippen LogP contribution in [-0.2, 0) is 4.79 Å². The molecule has 1 rings (SSSR count). The summed E-state index contributed by atoms with van der Waals surface area (Å²) in [6, 6.07) is 0. The molecular formula is C10H17N3OS3. The fourth-order valence-corrected chi connectivity index (χ4v) is 4.11. The van der Waals surface area contributed by atoms with Gasteiger partial charge in [0.05, 0.1) is 5.25 Å². The molecule has 4 nitrogen and oxygen atoms in total. The minimum absolute atomic E-state index is 0.0664. The van der Waals surface area contributed by atoms with Crippen molar-refractivity contribution in [2.24, 2.45) is 0 Å². The Balaban J connectivity index is 2.43. The number of hydrogen-bond donors (Lipinski definition) is 1. The molecule has 0 aromatic carbocycles. The summed E-state index contributed by atoms with van der Waals surface area (Å²) in [5, 5.41) is 10.9. The first-order chi connectivity index (χ1) is 8.17. The summed E-state index contributed by atoms with van der Waals surface area (Å²) in [4.78, 5) is 11.7. The molecule has 0 saturated heterocycles. The van der Waals surface area contributed by atoms with Crippen LogP contribution in [0.3, 0.4) is 0 Å². The highest BCUT2D eigenvalue weighted by atomic mass is 32.2. The number of carbonyl (C=O) groups excluding carboxylic acids is 1. The lowest BCUT2D eigenvalue weighted by Gasteiger charge is -2.08. The summed E-state index contributed by atoms with van der Waals surface area (Å²) in [7, 11) is 0. The summed E-state index contributed by atoms with van der Waals surface area (Å²) in [5.74, 6) is 1.06. The van der Waals surface area contributed by atoms with E-state index in [-0.39, 0.29) is 11.2 Å². The first kappa shape index (κ1) is 14.8. The van der Waals surface area contributed by atoms with E-state index >= 15 is 0 Å². The highest BCUT2D eigenvalue weighted by Crippen LogP contribution is 2.30. The van der Waals surface area contributed by atoms with Gasteiger partial charge in [0.2, 0.25) is 5.91 Å². The number of carbonyl (C=O) groups is 1. The van der Waals surface area contributed by atoms with E-state index in [2.05, 4.69) is 22.4 Å². The van der Waals surface area contributed by atoms with Crippen molar-refractivity contribution >= 4 is 40.8 Å². The van der Waals surface area contributed by atoms with E-state index in [1.54, 1.807) is 23.1 Å². The van der Waals surface area contributed by atoms with Gasteiger partial charge in [-0.15, -0.1) is 10.2 Å². The van der Waals surface area contributed by atoms with Gasteiger partial charge in [0.25, 0.3) is 0 Å². The summed E-state index contributed by atoms with van der Waals surface area (Å²) in [6.45, 7) is 6.75. The highest BCUT2D eigenvalue weighted by Gasteiger charge is 2.16. The van der Waals surface area contributed by atoms with Crippen molar-refractivity contribution in [3.8, 4) is 0 Å². The summed E-state index contributed by atoms with van der Waals surface area (Å²) >= 11 is 4.70. The predicted octanol–water partition coefficient (Wildman–Crippen LogP) is 2.66. The fourth-order valence-electron chi connectivity index (χ4n) is 1.02. The minimum Gasteiger partial charge on any atom is -0.355 e. The average Bonchev–Trinajstić information content (AvgIpc) is 2.74. The maximum absolute atomic E-state index is 11.7. The van der Waals surface area contributed by atoms with Gasteiger partial charge in [-0.3, -0.25) is 4.79 Å². The normalized spacial score (nSPS) is 12.4. The van der Waals surface area contributed by atoms with Gasteiger partial charge < -0.3 is 5.32 Å². The molecule has 1 N–H and O–H groups in total. The smallest absolute Gasteiger partial charge is 0.233 e. The molecule has 0 radical (unpaired) electrons. The zero-order valence-electron chi connectivity index (χ0n) is 10.2. The molecule has 0 saturated carbocycles. The molecular weight excluding hydrogens is 274 g/mol. The van der Waals surface area contributed by atoms with Crippen LogP contribution in [0.1, 0.15) is 27.2 Å². The van der Waals surface area contributed by atoms with E-state index in [4.69, 9.17) is 0 Å². The van der Waals surface area contributed by atoms with Crippen LogP contribution in [0.15, 0.2) is 8.68 Å². The van der Waals surface area contributed by atoms with Crippen molar-refractivity contribution < 1.29 is 4.79 Å². The van der Waals surface area contributed by atoms with Crippen LogP contribution in [0.25, 0.3) is 0 Å². The first-order valence-corrected chi connectivity index (χ1v) is 8.26. The SMILES string of the molecule is CCCNC(=O)C(C)Sc1nnc(SCC)s1. The van der Waals surface area contributed by atoms with Crippen LogP contribution < -0.4 is 5.32 Å². The van der Waals surface area contributed by atoms with Gasteiger partial charge in [-0.1, -0.05) is 48.7 Å². The number of nitrogens with zero attached hydrogens (tertiary/aromatic N) is 2. The van der Waals surface area contributed by atoms with Crippen LogP contribution in [0.2, 0.25) is 0 Å². The van der Waals surface area contributed by atoms with E-state index in [1.165, 1.54) is 11.8 Å². The molecule has 0 fully saturated rings. The molecule has 1 aromatic heterocycles. The van der Waals surface area contributed by atoms with Crippen LogP contribution in [0.4, 0.5) is 0 Å². The van der Waals surface area contributed by atoms with Gasteiger partial charge in [0.1, 0.15) is 0 Å². The number of nitrogens with one attached hydrogen (secondary N) is 1. The molecule has 0 bridgehead atoms. The number of thioether (sulfide) groups is 2. The minimum atomic E-state index is -0.117. The quantitative estimate of drug-likeness (QED) is 0.783. The Labute approximate surface area is 114 Å². The van der Waals surface area contributed by atoms with Gasteiger partial charge in [-0.2, -0.15) is 0 Å². The van der Waals surface area contributed by atoms with Gasteiger partial charge >= 0.3 is 0 Å². The van der Waals surface area contributed by atoms with Crippen LogP contribution in [0.5, 0.6) is 0 Å². The third kappa shape index (κ3) is 5.27. The highest BCUT2D eigenvalue weighted by molar-refractivity contribution is 8.03. The van der Waals surface area contributed by atoms with Gasteiger partial charge in [-0.05, 0) is 19.1 Å². The van der Waals surface area contributed by atoms with Gasteiger partial charge in [0.15, 0.2) is 8.68 Å². The predicted molar refractivity (Wildman–Crippen MR) is 74.9 cm³/mol. The van der Waals surface area contributed by atoms with Crippen molar-refractivity contribution in [3.63, 3.8) is 0 Å². The van der Waals surface area contributed by atoms with Crippen molar-refractivity contribution in [1.82, 2.24) is 15.5 Å². The summed E-state index contributed by atoms with van der Waals surface area (Å²) < 4.78 is 1.83. The van der Waals surface area contributed by atoms with Gasteiger partial charge in [-0.25, -0.2) is 0 Å². The second-order valence-electron chi connectivity index (χ2n) is 3.32. The Kier molecular flexibility index (Phi) is 6.91. The van der Waals surface area contributed by atoms with Crippen LogP contribution in [0, 0.1) is 0 Å². The topological polar surface area (TPSA) is 54.9 Å². The van der Waals surface area contributed by atoms with Crippen molar-refractivity contribution in [2.45, 2.75) is 41.1 Å². The number of aromatic nitrogens is 2. The maximum Gasteiger partial charge on any atom is 0.233 e. The lowest BCUT2D eigenvalue weighted by atomic mass is 10.4. The molecule has 1 unspecified atom stereocenters. The standard InChI is InChI=1S/C10H17N3OS3/c1-4-6-11-8(14)7(3)16-10-13-12-9(17-10)15-5-2/h7H,4-6H2,1-3H3,(H,11,14). The molecule has 0 aliphatic heterocycles. The summed E-state index contributed by atoms with van der Waals surface area (Å²) in [5.41, 5.74) is 0. The lowest BCUT2D eigenvalue weighted by Crippen LogP contribution is -2.31. The molecule has 0 aliphatic rings. The second-order valence-corrected chi connectivity index (χ2v) is 7.39. The van der Waals surface area contributed by atoms with E-state index < -0.39 is 0 Å². The molecule has 0 spiro atoms. The molecule has 7 heteroatoms. The fraction of sp³-hybridized carbons (Fsp3) is 0.700. The number of amides is 1. The third-order valence-corrected chi connectivity index (χ3v) is 4.97. The number of hydrogen-bond acceptors (Lipinski definition) is 6. The van der Waals surface area contributed by atoms with Crippen molar-refractivity contribution in [2.75, 3.05) is 12.3 Å². The molecule has 1 atom stereocenters. The van der Waals surface area contributed by atoms with Crippen molar-refractivity contribution in [1.29, 1.82) is 0 Å². The van der Waals surface area contributed by atoms with E-state index in [9.17, 15) is 4.79 Å². The number of rotatable bonds is 7. The molecule has 0 aliphatic carbocycles. The monoisotopic (exact) mass is 291 g/mol. The maximum atomic E-state index is 11.7. The molecule has 1 heterocycles. The molecule has 17 heavy (non-hydrogen) atoms. The Morgan fingerprint density at radius 3 is 2.76 bits per heavy atom. The van der Waals surface area contributed by atoms with Crippen LogP contribution in [-0.4, -0.2) is 33.7 Å². The molecule has 96 valence electrons. The first-order valence-electron chi connectivity index (χ1n) is 5.58. The van der Waals surface area contributed by atoms with E-state index in [1.807, 2.05) is 13.8 Å². The Bertz CT molecular complexity index is 356. The molecule has 1 amide bonds. The second kappa shape index (κ2) is 7.94. The van der Waals surface area contributed by atoms with E-state index in [0.29, 0.717) is 0 Å². The third-order valence-electron chi connectivity index (χ3n) is 1.85.